The molecule has 7 heteroatoms. The Morgan fingerprint density at radius 1 is 1.04 bits per heavy atom. The van der Waals surface area contributed by atoms with E-state index in [1.54, 1.807) is 6.07 Å². The predicted molar refractivity (Wildman–Crippen MR) is 98.4 cm³/mol. The fourth-order valence-electron chi connectivity index (χ4n) is 3.94. The minimum atomic E-state index is -0.457. The van der Waals surface area contributed by atoms with Crippen LogP contribution in [0.5, 0.6) is 5.75 Å². The molecule has 0 spiro atoms. The smallest absolute Gasteiger partial charge is 0.264 e. The van der Waals surface area contributed by atoms with Crippen LogP contribution in [0.25, 0.3) is 0 Å². The van der Waals surface area contributed by atoms with Gasteiger partial charge in [0.15, 0.2) is 6.10 Å². The first-order valence-corrected chi connectivity index (χ1v) is 9.72. The Bertz CT molecular complexity index is 697. The summed E-state index contributed by atoms with van der Waals surface area (Å²) in [6, 6.07) is 5.47. The highest BCUT2D eigenvalue weighted by Crippen LogP contribution is 2.31. The second-order valence-corrected chi connectivity index (χ2v) is 7.69. The lowest BCUT2D eigenvalue weighted by Gasteiger charge is -2.35. The van der Waals surface area contributed by atoms with E-state index in [9.17, 15) is 9.59 Å². The molecule has 0 saturated carbocycles. The first-order chi connectivity index (χ1) is 12.6. The lowest BCUT2D eigenvalue weighted by atomic mass is 10.1. The topological polar surface area (TPSA) is 53.1 Å². The Hall–Kier alpha value is -1.79. The van der Waals surface area contributed by atoms with E-state index in [0.29, 0.717) is 31.1 Å². The normalized spacial score (nSPS) is 23.0. The number of likely N-dealkylation sites (tertiary alicyclic amines) is 1. The molecule has 3 aliphatic heterocycles. The van der Waals surface area contributed by atoms with Gasteiger partial charge in [-0.1, -0.05) is 11.6 Å². The first kappa shape index (κ1) is 17.6. The number of carbonyl (C=O) groups excluding carboxylic acids is 2. The Morgan fingerprint density at radius 2 is 1.77 bits per heavy atom. The summed E-state index contributed by atoms with van der Waals surface area (Å²) in [5, 5.41) is 0.664. The zero-order valence-corrected chi connectivity index (χ0v) is 15.6. The Balaban J connectivity index is 1.27. The molecule has 0 radical (unpaired) electrons. The van der Waals surface area contributed by atoms with Crippen LogP contribution in [0.4, 0.5) is 0 Å². The lowest BCUT2D eigenvalue weighted by Crippen LogP contribution is -2.53. The van der Waals surface area contributed by atoms with Gasteiger partial charge in [0.2, 0.25) is 5.91 Å². The van der Waals surface area contributed by atoms with Crippen molar-refractivity contribution in [1.29, 1.82) is 0 Å². The van der Waals surface area contributed by atoms with E-state index in [1.165, 1.54) is 0 Å². The van der Waals surface area contributed by atoms with Crippen LogP contribution < -0.4 is 4.74 Å². The van der Waals surface area contributed by atoms with Crippen molar-refractivity contribution in [3.63, 3.8) is 0 Å². The number of benzene rings is 1. The highest BCUT2D eigenvalue weighted by atomic mass is 35.5. The molecular formula is C19H24ClN3O3. The maximum Gasteiger partial charge on any atom is 0.264 e. The molecule has 0 unspecified atom stereocenters. The minimum absolute atomic E-state index is 0.0304. The van der Waals surface area contributed by atoms with Crippen LogP contribution in [-0.2, 0) is 16.0 Å². The number of hydrogen-bond acceptors (Lipinski definition) is 4. The molecule has 26 heavy (non-hydrogen) atoms. The molecule has 0 bridgehead atoms. The van der Waals surface area contributed by atoms with Gasteiger partial charge in [0.05, 0.1) is 6.54 Å². The third-order valence-electron chi connectivity index (χ3n) is 5.47. The van der Waals surface area contributed by atoms with Crippen LogP contribution in [0, 0.1) is 0 Å². The molecule has 0 aromatic heterocycles. The van der Waals surface area contributed by atoms with Crippen LogP contribution >= 0.6 is 11.6 Å². The van der Waals surface area contributed by atoms with E-state index in [2.05, 4.69) is 4.90 Å². The van der Waals surface area contributed by atoms with E-state index in [4.69, 9.17) is 16.3 Å². The monoisotopic (exact) mass is 377 g/mol. The standard InChI is InChI=1S/C19H24ClN3O3/c20-15-3-4-16-14(11-15)12-17(26-16)19(25)23-9-7-21(8-10-23)13-18(24)22-5-1-2-6-22/h3-4,11,17H,1-2,5-10,12-13H2/t17-/m1/s1. The third kappa shape index (κ3) is 3.67. The summed E-state index contributed by atoms with van der Waals surface area (Å²) in [4.78, 5) is 31.0. The number of fused-ring (bicyclic) bond motifs is 1. The van der Waals surface area contributed by atoms with Gasteiger partial charge in [-0.15, -0.1) is 0 Å². The molecule has 1 atom stereocenters. The molecule has 140 valence electrons. The quantitative estimate of drug-likeness (QED) is 0.799. The Kier molecular flexibility index (Phi) is 5.05. The number of hydrogen-bond donors (Lipinski definition) is 0. The number of halogens is 1. The van der Waals surface area contributed by atoms with E-state index in [0.717, 1.165) is 50.3 Å². The zero-order chi connectivity index (χ0) is 18.1. The van der Waals surface area contributed by atoms with E-state index in [-0.39, 0.29) is 11.8 Å². The van der Waals surface area contributed by atoms with Crippen molar-refractivity contribution in [1.82, 2.24) is 14.7 Å². The minimum Gasteiger partial charge on any atom is -0.480 e. The van der Waals surface area contributed by atoms with Gasteiger partial charge in [0.25, 0.3) is 5.91 Å². The van der Waals surface area contributed by atoms with Crippen LogP contribution in [0.15, 0.2) is 18.2 Å². The van der Waals surface area contributed by atoms with Crippen molar-refractivity contribution in [3.8, 4) is 5.75 Å². The molecule has 2 fully saturated rings. The molecule has 4 rings (SSSR count). The molecule has 1 aromatic carbocycles. The summed E-state index contributed by atoms with van der Waals surface area (Å²) in [6.07, 6.45) is 2.34. The number of rotatable bonds is 3. The first-order valence-electron chi connectivity index (χ1n) is 9.34. The maximum absolute atomic E-state index is 12.8. The van der Waals surface area contributed by atoms with Gasteiger partial charge in [0, 0.05) is 50.7 Å². The van der Waals surface area contributed by atoms with Crippen molar-refractivity contribution >= 4 is 23.4 Å². The van der Waals surface area contributed by atoms with E-state index >= 15 is 0 Å². The third-order valence-corrected chi connectivity index (χ3v) is 5.71. The Labute approximate surface area is 158 Å². The SMILES string of the molecule is O=C(CN1CCN(C(=O)[C@H]2Cc3cc(Cl)ccc3O2)CC1)N1CCCC1. The van der Waals surface area contributed by atoms with E-state index in [1.807, 2.05) is 21.9 Å². The number of piperazine rings is 1. The highest BCUT2D eigenvalue weighted by molar-refractivity contribution is 6.30. The van der Waals surface area contributed by atoms with Crippen molar-refractivity contribution in [2.24, 2.45) is 0 Å². The fraction of sp³-hybridized carbons (Fsp3) is 0.579. The largest absolute Gasteiger partial charge is 0.480 e. The molecule has 3 heterocycles. The molecule has 2 saturated heterocycles. The number of ether oxygens (including phenoxy) is 1. The second kappa shape index (κ2) is 7.45. The van der Waals surface area contributed by atoms with Gasteiger partial charge < -0.3 is 14.5 Å². The van der Waals surface area contributed by atoms with Crippen LogP contribution in [0.3, 0.4) is 0 Å². The number of amides is 2. The molecule has 3 aliphatic rings. The van der Waals surface area contributed by atoms with Crippen LogP contribution in [0.1, 0.15) is 18.4 Å². The number of carbonyl (C=O) groups is 2. The van der Waals surface area contributed by atoms with Gasteiger partial charge in [-0.25, -0.2) is 0 Å². The highest BCUT2D eigenvalue weighted by Gasteiger charge is 2.34. The average Bonchev–Trinajstić information content (AvgIpc) is 3.31. The molecule has 0 aliphatic carbocycles. The van der Waals surface area contributed by atoms with Gasteiger partial charge in [0.1, 0.15) is 5.75 Å². The van der Waals surface area contributed by atoms with Crippen molar-refractivity contribution < 1.29 is 14.3 Å². The fourth-order valence-corrected chi connectivity index (χ4v) is 4.14. The lowest BCUT2D eigenvalue weighted by molar-refractivity contribution is -0.140. The molecule has 6 nitrogen and oxygen atoms in total. The van der Waals surface area contributed by atoms with Crippen molar-refractivity contribution in [2.75, 3.05) is 45.8 Å². The van der Waals surface area contributed by atoms with Gasteiger partial charge in [-0.2, -0.15) is 0 Å². The average molecular weight is 378 g/mol. The number of nitrogens with zero attached hydrogens (tertiary/aromatic N) is 3. The van der Waals surface area contributed by atoms with Crippen molar-refractivity contribution in [3.05, 3.63) is 28.8 Å². The van der Waals surface area contributed by atoms with Crippen LogP contribution in [0.2, 0.25) is 5.02 Å². The van der Waals surface area contributed by atoms with E-state index < -0.39 is 6.10 Å². The van der Waals surface area contributed by atoms with Crippen LogP contribution in [-0.4, -0.2) is 78.4 Å². The Morgan fingerprint density at radius 3 is 2.50 bits per heavy atom. The summed E-state index contributed by atoms with van der Waals surface area (Å²) in [7, 11) is 0. The van der Waals surface area contributed by atoms with Gasteiger partial charge in [-0.05, 0) is 36.6 Å². The summed E-state index contributed by atoms with van der Waals surface area (Å²) >= 11 is 6.02. The summed E-state index contributed by atoms with van der Waals surface area (Å²) in [6.45, 7) is 4.99. The molecule has 0 N–H and O–H groups in total. The molecular weight excluding hydrogens is 354 g/mol. The summed E-state index contributed by atoms with van der Waals surface area (Å²) in [5.74, 6) is 0.999. The summed E-state index contributed by atoms with van der Waals surface area (Å²) in [5.41, 5.74) is 0.991. The predicted octanol–water partition coefficient (Wildman–Crippen LogP) is 1.41. The second-order valence-electron chi connectivity index (χ2n) is 7.25. The molecule has 1 aromatic rings. The maximum atomic E-state index is 12.8. The van der Waals surface area contributed by atoms with Gasteiger partial charge in [-0.3, -0.25) is 14.5 Å². The molecule has 2 amide bonds. The van der Waals surface area contributed by atoms with Gasteiger partial charge >= 0.3 is 0 Å². The van der Waals surface area contributed by atoms with Crippen molar-refractivity contribution in [2.45, 2.75) is 25.4 Å². The zero-order valence-electron chi connectivity index (χ0n) is 14.8. The summed E-state index contributed by atoms with van der Waals surface area (Å²) < 4.78 is 5.81.